The maximum Gasteiger partial charge on any atom is 0.257 e. The lowest BCUT2D eigenvalue weighted by Gasteiger charge is -2.42. The molecule has 0 spiro atoms. The molecule has 0 aromatic heterocycles. The van der Waals surface area contributed by atoms with Crippen LogP contribution in [0.5, 0.6) is 0 Å². The maximum absolute atomic E-state index is 12.6. The van der Waals surface area contributed by atoms with Crippen molar-refractivity contribution < 1.29 is 9.53 Å². The van der Waals surface area contributed by atoms with E-state index in [9.17, 15) is 4.79 Å². The lowest BCUT2D eigenvalue weighted by molar-refractivity contribution is -0.117. The quantitative estimate of drug-likeness (QED) is 0.768. The van der Waals surface area contributed by atoms with Crippen molar-refractivity contribution >= 4 is 40.7 Å². The minimum Gasteiger partial charge on any atom is -0.367 e. The Hall–Kier alpha value is -0.480. The van der Waals surface area contributed by atoms with E-state index in [1.54, 1.807) is 23.1 Å². The summed E-state index contributed by atoms with van der Waals surface area (Å²) in [4.78, 5) is 14.3. The first-order chi connectivity index (χ1) is 9.34. The van der Waals surface area contributed by atoms with Crippen molar-refractivity contribution in [3.05, 3.63) is 33.8 Å². The van der Waals surface area contributed by atoms with Crippen LogP contribution in [0.25, 0.3) is 0 Å². The van der Waals surface area contributed by atoms with E-state index in [1.165, 1.54) is 0 Å². The van der Waals surface area contributed by atoms with Gasteiger partial charge < -0.3 is 9.64 Å². The first kappa shape index (κ1) is 15.9. The molecule has 1 fully saturated rings. The molecule has 1 aliphatic rings. The number of amides is 1. The number of rotatable bonds is 2. The molecule has 1 saturated heterocycles. The van der Waals surface area contributed by atoms with Crippen LogP contribution in [0.15, 0.2) is 18.2 Å². The Balaban J connectivity index is 2.28. The van der Waals surface area contributed by atoms with Crippen molar-refractivity contribution in [3.8, 4) is 0 Å². The minimum absolute atomic E-state index is 0.188. The van der Waals surface area contributed by atoms with Crippen LogP contribution in [0.1, 0.15) is 24.2 Å². The van der Waals surface area contributed by atoms with Gasteiger partial charge in [-0.3, -0.25) is 4.79 Å². The number of carbonyl (C=O) groups excluding carboxylic acids is 1. The Kier molecular flexibility index (Phi) is 4.85. The Morgan fingerprint density at radius 3 is 2.55 bits per heavy atom. The van der Waals surface area contributed by atoms with Gasteiger partial charge in [-0.2, -0.15) is 0 Å². The standard InChI is InChI=1S/C14H16Cl3NO2/c1-14(2)8-18(7-9(6-15)20-14)13(19)12-10(16)4-3-5-11(12)17/h3-5,9H,6-8H2,1-2H3. The van der Waals surface area contributed by atoms with E-state index in [1.807, 2.05) is 13.8 Å². The van der Waals surface area contributed by atoms with Crippen LogP contribution in [0, 0.1) is 0 Å². The third-order valence-electron chi connectivity index (χ3n) is 3.12. The number of ether oxygens (including phenoxy) is 1. The number of hydrogen-bond donors (Lipinski definition) is 0. The predicted octanol–water partition coefficient (Wildman–Crippen LogP) is 3.85. The van der Waals surface area contributed by atoms with Crippen molar-refractivity contribution in [1.29, 1.82) is 0 Å². The van der Waals surface area contributed by atoms with Crippen LogP contribution in [0.3, 0.4) is 0 Å². The number of alkyl halides is 1. The van der Waals surface area contributed by atoms with Gasteiger partial charge in [0.05, 0.1) is 33.2 Å². The van der Waals surface area contributed by atoms with E-state index in [0.717, 1.165) is 0 Å². The summed E-state index contributed by atoms with van der Waals surface area (Å²) in [7, 11) is 0. The molecule has 1 amide bonds. The molecule has 6 heteroatoms. The summed E-state index contributed by atoms with van der Waals surface area (Å²) in [6.07, 6.45) is -0.189. The Morgan fingerprint density at radius 1 is 1.40 bits per heavy atom. The fourth-order valence-electron chi connectivity index (χ4n) is 2.39. The summed E-state index contributed by atoms with van der Waals surface area (Å²) in [5, 5.41) is 0.712. The second kappa shape index (κ2) is 6.10. The van der Waals surface area contributed by atoms with Gasteiger partial charge in [0.1, 0.15) is 0 Å². The molecule has 1 atom stereocenters. The highest BCUT2D eigenvalue weighted by molar-refractivity contribution is 6.39. The highest BCUT2D eigenvalue weighted by atomic mass is 35.5. The maximum atomic E-state index is 12.6. The van der Waals surface area contributed by atoms with Crippen LogP contribution in [-0.2, 0) is 4.74 Å². The molecule has 110 valence electrons. The van der Waals surface area contributed by atoms with Crippen molar-refractivity contribution in [2.75, 3.05) is 19.0 Å². The van der Waals surface area contributed by atoms with E-state index < -0.39 is 5.60 Å². The highest BCUT2D eigenvalue weighted by Gasteiger charge is 2.36. The van der Waals surface area contributed by atoms with E-state index in [4.69, 9.17) is 39.5 Å². The molecule has 0 saturated carbocycles. The van der Waals surface area contributed by atoms with Gasteiger partial charge in [-0.25, -0.2) is 0 Å². The van der Waals surface area contributed by atoms with Crippen molar-refractivity contribution in [3.63, 3.8) is 0 Å². The lowest BCUT2D eigenvalue weighted by Crippen LogP contribution is -2.55. The zero-order chi connectivity index (χ0) is 14.9. The number of carbonyl (C=O) groups is 1. The van der Waals surface area contributed by atoms with Gasteiger partial charge in [-0.05, 0) is 26.0 Å². The van der Waals surface area contributed by atoms with Gasteiger partial charge in [-0.15, -0.1) is 11.6 Å². The zero-order valence-corrected chi connectivity index (χ0v) is 13.6. The molecule has 3 nitrogen and oxygen atoms in total. The Morgan fingerprint density at radius 2 is 2.00 bits per heavy atom. The van der Waals surface area contributed by atoms with Gasteiger partial charge in [0, 0.05) is 13.1 Å². The fourth-order valence-corrected chi connectivity index (χ4v) is 3.11. The molecule has 20 heavy (non-hydrogen) atoms. The average molecular weight is 337 g/mol. The van der Waals surface area contributed by atoms with Crippen LogP contribution < -0.4 is 0 Å². The third-order valence-corrected chi connectivity index (χ3v) is 4.09. The molecule has 1 aromatic carbocycles. The van der Waals surface area contributed by atoms with Gasteiger partial charge in [0.15, 0.2) is 0 Å². The summed E-state index contributed by atoms with van der Waals surface area (Å²) >= 11 is 18.1. The molecule has 0 radical (unpaired) electrons. The van der Waals surface area contributed by atoms with E-state index in [-0.39, 0.29) is 12.0 Å². The number of benzene rings is 1. The van der Waals surface area contributed by atoms with Crippen LogP contribution in [0.2, 0.25) is 10.0 Å². The largest absolute Gasteiger partial charge is 0.367 e. The topological polar surface area (TPSA) is 29.5 Å². The van der Waals surface area contributed by atoms with Crippen LogP contribution in [-0.4, -0.2) is 41.5 Å². The van der Waals surface area contributed by atoms with E-state index >= 15 is 0 Å². The molecule has 0 bridgehead atoms. The summed E-state index contributed by atoms with van der Waals surface area (Å²) in [5.41, 5.74) is -0.108. The van der Waals surface area contributed by atoms with Gasteiger partial charge >= 0.3 is 0 Å². The summed E-state index contributed by atoms with van der Waals surface area (Å²) in [6.45, 7) is 4.77. The monoisotopic (exact) mass is 335 g/mol. The normalized spacial score (nSPS) is 21.9. The molecule has 0 N–H and O–H groups in total. The lowest BCUT2D eigenvalue weighted by atomic mass is 10.0. The summed E-state index contributed by atoms with van der Waals surface area (Å²) in [6, 6.07) is 5.03. The SMILES string of the molecule is CC1(C)CN(C(=O)c2c(Cl)cccc2Cl)CC(CCl)O1. The number of hydrogen-bond acceptors (Lipinski definition) is 2. The molecule has 0 aliphatic carbocycles. The van der Waals surface area contributed by atoms with Crippen molar-refractivity contribution in [2.24, 2.45) is 0 Å². The summed E-state index contributed by atoms with van der Waals surface area (Å²) in [5.74, 6) is 0.149. The van der Waals surface area contributed by atoms with Gasteiger partial charge in [0.25, 0.3) is 5.91 Å². The number of nitrogens with zero attached hydrogens (tertiary/aromatic N) is 1. The average Bonchev–Trinajstić information content (AvgIpc) is 2.36. The molecule has 1 aliphatic heterocycles. The van der Waals surface area contributed by atoms with Gasteiger partial charge in [-0.1, -0.05) is 29.3 Å². The second-order valence-corrected chi connectivity index (χ2v) is 6.56. The van der Waals surface area contributed by atoms with Gasteiger partial charge in [0.2, 0.25) is 0 Å². The first-order valence-corrected chi connectivity index (χ1v) is 7.60. The molecule has 1 aromatic rings. The zero-order valence-electron chi connectivity index (χ0n) is 11.3. The summed E-state index contributed by atoms with van der Waals surface area (Å²) < 4.78 is 5.81. The highest BCUT2D eigenvalue weighted by Crippen LogP contribution is 2.29. The van der Waals surface area contributed by atoms with E-state index in [2.05, 4.69) is 0 Å². The van der Waals surface area contributed by atoms with Crippen molar-refractivity contribution in [1.82, 2.24) is 4.90 Å². The number of morpholine rings is 1. The smallest absolute Gasteiger partial charge is 0.257 e. The molecule has 2 rings (SSSR count). The predicted molar refractivity (Wildman–Crippen MR) is 82.0 cm³/mol. The Labute approximate surface area is 133 Å². The molecular weight excluding hydrogens is 321 g/mol. The third kappa shape index (κ3) is 3.40. The fraction of sp³-hybridized carbons (Fsp3) is 0.500. The van der Waals surface area contributed by atoms with E-state index in [0.29, 0.717) is 34.6 Å². The molecule has 1 unspecified atom stereocenters. The minimum atomic E-state index is -0.443. The number of halogens is 3. The second-order valence-electron chi connectivity index (χ2n) is 5.44. The van der Waals surface area contributed by atoms with Crippen LogP contribution in [0.4, 0.5) is 0 Å². The van der Waals surface area contributed by atoms with Crippen LogP contribution >= 0.6 is 34.8 Å². The molecular formula is C14H16Cl3NO2. The first-order valence-electron chi connectivity index (χ1n) is 6.31. The van der Waals surface area contributed by atoms with Crippen molar-refractivity contribution in [2.45, 2.75) is 25.6 Å². The Bertz CT molecular complexity index is 499. The molecule has 1 heterocycles.